The summed E-state index contributed by atoms with van der Waals surface area (Å²) in [5.41, 5.74) is 0.550. The number of aromatic carboxylic acids is 1. The van der Waals surface area contributed by atoms with Crippen LogP contribution in [0.25, 0.3) is 0 Å². The SMILES string of the molecule is Cc1cc(C(=O)O)cc(Oc2ccc(F)cc2Cl)n1. The minimum Gasteiger partial charge on any atom is -0.478 e. The van der Waals surface area contributed by atoms with Gasteiger partial charge in [0.05, 0.1) is 10.6 Å². The Morgan fingerprint density at radius 2 is 2.11 bits per heavy atom. The van der Waals surface area contributed by atoms with Crippen LogP contribution in [0.1, 0.15) is 16.1 Å². The van der Waals surface area contributed by atoms with Crippen LogP contribution in [0.3, 0.4) is 0 Å². The number of carbonyl (C=O) groups is 1. The maximum Gasteiger partial charge on any atom is 0.335 e. The van der Waals surface area contributed by atoms with Crippen LogP contribution >= 0.6 is 11.6 Å². The summed E-state index contributed by atoms with van der Waals surface area (Å²) < 4.78 is 18.2. The van der Waals surface area contributed by atoms with Gasteiger partial charge in [0.1, 0.15) is 11.6 Å². The fourth-order valence-corrected chi connectivity index (χ4v) is 1.69. The number of aryl methyl sites for hydroxylation is 1. The van der Waals surface area contributed by atoms with Crippen molar-refractivity contribution in [2.45, 2.75) is 6.92 Å². The van der Waals surface area contributed by atoms with Crippen LogP contribution in [0.2, 0.25) is 5.02 Å². The average Bonchev–Trinajstić information content (AvgIpc) is 2.32. The number of hydrogen-bond donors (Lipinski definition) is 1. The van der Waals surface area contributed by atoms with E-state index in [1.807, 2.05) is 0 Å². The molecule has 0 amide bonds. The zero-order valence-electron chi connectivity index (χ0n) is 9.85. The number of benzene rings is 1. The molecule has 0 bridgehead atoms. The first-order valence-electron chi connectivity index (χ1n) is 5.30. The first kappa shape index (κ1) is 13.3. The minimum absolute atomic E-state index is 0.0562. The van der Waals surface area contributed by atoms with Gasteiger partial charge in [-0.25, -0.2) is 14.2 Å². The van der Waals surface area contributed by atoms with Gasteiger partial charge in [-0.05, 0) is 31.2 Å². The molecule has 1 aromatic carbocycles. The molecule has 2 rings (SSSR count). The average molecular weight is 282 g/mol. The summed E-state index contributed by atoms with van der Waals surface area (Å²) in [6, 6.07) is 6.33. The highest BCUT2D eigenvalue weighted by molar-refractivity contribution is 6.32. The molecule has 0 aliphatic rings. The molecule has 0 radical (unpaired) electrons. The number of nitrogens with zero attached hydrogens (tertiary/aromatic N) is 1. The lowest BCUT2D eigenvalue weighted by molar-refractivity contribution is 0.0696. The van der Waals surface area contributed by atoms with Gasteiger partial charge in [-0.2, -0.15) is 0 Å². The number of ether oxygens (including phenoxy) is 1. The van der Waals surface area contributed by atoms with E-state index in [0.717, 1.165) is 6.07 Å². The van der Waals surface area contributed by atoms with E-state index in [4.69, 9.17) is 21.4 Å². The molecule has 0 aliphatic carbocycles. The van der Waals surface area contributed by atoms with Crippen molar-refractivity contribution in [2.75, 3.05) is 0 Å². The van der Waals surface area contributed by atoms with Gasteiger partial charge in [0.2, 0.25) is 5.88 Å². The first-order valence-corrected chi connectivity index (χ1v) is 5.68. The van der Waals surface area contributed by atoms with Crippen LogP contribution < -0.4 is 4.74 Å². The highest BCUT2D eigenvalue weighted by Gasteiger charge is 2.10. The Morgan fingerprint density at radius 3 is 2.74 bits per heavy atom. The molecule has 1 aromatic heterocycles. The predicted octanol–water partition coefficient (Wildman–Crippen LogP) is 3.67. The Kier molecular flexibility index (Phi) is 3.66. The Labute approximate surface area is 113 Å². The van der Waals surface area contributed by atoms with Gasteiger partial charge >= 0.3 is 5.97 Å². The molecule has 0 saturated carbocycles. The van der Waals surface area contributed by atoms with Crippen molar-refractivity contribution in [2.24, 2.45) is 0 Å². The number of pyridine rings is 1. The number of hydrogen-bond acceptors (Lipinski definition) is 3. The van der Waals surface area contributed by atoms with E-state index < -0.39 is 11.8 Å². The lowest BCUT2D eigenvalue weighted by Gasteiger charge is -2.08. The summed E-state index contributed by atoms with van der Waals surface area (Å²) in [4.78, 5) is 14.9. The highest BCUT2D eigenvalue weighted by Crippen LogP contribution is 2.29. The van der Waals surface area contributed by atoms with E-state index in [1.165, 1.54) is 24.3 Å². The monoisotopic (exact) mass is 281 g/mol. The molecule has 0 atom stereocenters. The summed E-state index contributed by atoms with van der Waals surface area (Å²) in [5.74, 6) is -1.27. The van der Waals surface area contributed by atoms with E-state index >= 15 is 0 Å². The Hall–Kier alpha value is -2.14. The maximum atomic E-state index is 12.9. The third-order valence-corrected chi connectivity index (χ3v) is 2.58. The van der Waals surface area contributed by atoms with Crippen LogP contribution in [0.5, 0.6) is 11.6 Å². The fraction of sp³-hybridized carbons (Fsp3) is 0.0769. The molecule has 0 fully saturated rings. The molecule has 0 aliphatic heterocycles. The molecule has 2 aromatic rings. The topological polar surface area (TPSA) is 59.4 Å². The third-order valence-electron chi connectivity index (χ3n) is 2.29. The lowest BCUT2D eigenvalue weighted by atomic mass is 10.2. The molecule has 1 N–H and O–H groups in total. The molecule has 98 valence electrons. The van der Waals surface area contributed by atoms with Crippen LogP contribution in [0.4, 0.5) is 4.39 Å². The van der Waals surface area contributed by atoms with E-state index in [2.05, 4.69) is 4.98 Å². The lowest BCUT2D eigenvalue weighted by Crippen LogP contribution is -2.00. The summed E-state index contributed by atoms with van der Waals surface area (Å²) in [5, 5.41) is 9.02. The van der Waals surface area contributed by atoms with Crippen LogP contribution in [-0.4, -0.2) is 16.1 Å². The van der Waals surface area contributed by atoms with Crippen molar-refractivity contribution in [1.82, 2.24) is 4.98 Å². The quantitative estimate of drug-likeness (QED) is 0.932. The summed E-state index contributed by atoms with van der Waals surface area (Å²) in [6.45, 7) is 1.64. The number of rotatable bonds is 3. The van der Waals surface area contributed by atoms with Crippen molar-refractivity contribution >= 4 is 17.6 Å². The summed E-state index contributed by atoms with van der Waals surface area (Å²) >= 11 is 5.81. The van der Waals surface area contributed by atoms with Gasteiger partial charge in [0.15, 0.2) is 0 Å². The predicted molar refractivity (Wildman–Crippen MR) is 67.4 cm³/mol. The Bertz CT molecular complexity index is 646. The molecule has 4 nitrogen and oxygen atoms in total. The summed E-state index contributed by atoms with van der Waals surface area (Å²) in [7, 11) is 0. The molecule has 6 heteroatoms. The van der Waals surface area contributed by atoms with Crippen molar-refractivity contribution < 1.29 is 19.0 Å². The van der Waals surface area contributed by atoms with Crippen molar-refractivity contribution in [3.05, 3.63) is 52.4 Å². The van der Waals surface area contributed by atoms with Crippen LogP contribution in [-0.2, 0) is 0 Å². The zero-order chi connectivity index (χ0) is 14.0. The molecule has 1 heterocycles. The van der Waals surface area contributed by atoms with Crippen LogP contribution in [0.15, 0.2) is 30.3 Å². The molecular weight excluding hydrogens is 273 g/mol. The largest absolute Gasteiger partial charge is 0.478 e. The molecule has 19 heavy (non-hydrogen) atoms. The number of carboxylic acid groups (broad SMARTS) is 1. The number of carboxylic acids is 1. The molecule has 0 spiro atoms. The standard InChI is InChI=1S/C13H9ClFNO3/c1-7-4-8(13(17)18)5-12(16-7)19-11-3-2-9(15)6-10(11)14/h2-6H,1H3,(H,17,18). The maximum absolute atomic E-state index is 12.9. The second-order valence-electron chi connectivity index (χ2n) is 3.82. The van der Waals surface area contributed by atoms with E-state index in [9.17, 15) is 9.18 Å². The van der Waals surface area contributed by atoms with E-state index in [0.29, 0.717) is 5.69 Å². The number of halogens is 2. The zero-order valence-corrected chi connectivity index (χ0v) is 10.6. The minimum atomic E-state index is -1.08. The van der Waals surface area contributed by atoms with Gasteiger partial charge in [0, 0.05) is 11.8 Å². The fourth-order valence-electron chi connectivity index (χ4n) is 1.48. The Balaban J connectivity index is 2.35. The third kappa shape index (κ3) is 3.20. The van der Waals surface area contributed by atoms with Crippen LogP contribution in [0, 0.1) is 12.7 Å². The van der Waals surface area contributed by atoms with E-state index in [1.54, 1.807) is 6.92 Å². The molecular formula is C13H9ClFNO3. The van der Waals surface area contributed by atoms with E-state index in [-0.39, 0.29) is 22.2 Å². The second kappa shape index (κ2) is 5.24. The van der Waals surface area contributed by atoms with Gasteiger partial charge in [0.25, 0.3) is 0 Å². The smallest absolute Gasteiger partial charge is 0.335 e. The van der Waals surface area contributed by atoms with Crippen molar-refractivity contribution in [3.63, 3.8) is 0 Å². The van der Waals surface area contributed by atoms with Gasteiger partial charge in [-0.3, -0.25) is 0 Å². The van der Waals surface area contributed by atoms with Gasteiger partial charge in [-0.15, -0.1) is 0 Å². The Morgan fingerprint density at radius 1 is 1.37 bits per heavy atom. The number of aromatic nitrogens is 1. The van der Waals surface area contributed by atoms with Crippen molar-refractivity contribution in [3.8, 4) is 11.6 Å². The second-order valence-corrected chi connectivity index (χ2v) is 4.22. The first-order chi connectivity index (χ1) is 8.95. The highest BCUT2D eigenvalue weighted by atomic mass is 35.5. The summed E-state index contributed by atoms with van der Waals surface area (Å²) in [6.07, 6.45) is 0. The molecule has 0 unspecified atom stereocenters. The van der Waals surface area contributed by atoms with Gasteiger partial charge in [-0.1, -0.05) is 11.6 Å². The normalized spacial score (nSPS) is 10.3. The van der Waals surface area contributed by atoms with Crippen molar-refractivity contribution in [1.29, 1.82) is 0 Å². The molecule has 0 saturated heterocycles. The van der Waals surface area contributed by atoms with Gasteiger partial charge < -0.3 is 9.84 Å².